The maximum absolute atomic E-state index is 9.07. The molecule has 98 valence electrons. The molecule has 0 spiro atoms. The molecule has 0 aromatic carbocycles. The SMILES string of the molecule is CN(CCC(C#N)NC1CC1)Cc1nccn1C. The maximum atomic E-state index is 9.07. The fraction of sp³-hybridized carbons (Fsp3) is 0.692. The van der Waals surface area contributed by atoms with Gasteiger partial charge in [-0.15, -0.1) is 0 Å². The lowest BCUT2D eigenvalue weighted by Gasteiger charge is -2.18. The Balaban J connectivity index is 1.71. The minimum atomic E-state index is -0.0127. The van der Waals surface area contributed by atoms with E-state index in [9.17, 15) is 0 Å². The molecule has 1 N–H and O–H groups in total. The second kappa shape index (κ2) is 5.98. The third-order valence-corrected chi connectivity index (χ3v) is 3.30. The monoisotopic (exact) mass is 247 g/mol. The predicted octanol–water partition coefficient (Wildman–Crippen LogP) is 0.886. The van der Waals surface area contributed by atoms with Gasteiger partial charge in [0.2, 0.25) is 0 Å². The molecule has 18 heavy (non-hydrogen) atoms. The zero-order chi connectivity index (χ0) is 13.0. The van der Waals surface area contributed by atoms with E-state index in [1.807, 2.05) is 24.0 Å². The molecule has 1 aromatic heterocycles. The minimum Gasteiger partial charge on any atom is -0.337 e. The lowest BCUT2D eigenvalue weighted by atomic mass is 10.2. The molecule has 1 heterocycles. The Labute approximate surface area is 108 Å². The summed E-state index contributed by atoms with van der Waals surface area (Å²) in [6.45, 7) is 1.73. The van der Waals surface area contributed by atoms with Crippen LogP contribution in [-0.2, 0) is 13.6 Å². The van der Waals surface area contributed by atoms with Crippen LogP contribution in [0.5, 0.6) is 0 Å². The van der Waals surface area contributed by atoms with Crippen molar-refractivity contribution in [1.82, 2.24) is 19.8 Å². The fourth-order valence-electron chi connectivity index (χ4n) is 1.94. The Kier molecular flexibility index (Phi) is 4.34. The Hall–Kier alpha value is -1.38. The van der Waals surface area contributed by atoms with E-state index in [-0.39, 0.29) is 6.04 Å². The van der Waals surface area contributed by atoms with Gasteiger partial charge in [0.05, 0.1) is 18.7 Å². The van der Waals surface area contributed by atoms with Crippen LogP contribution in [0.25, 0.3) is 0 Å². The zero-order valence-corrected chi connectivity index (χ0v) is 11.1. The summed E-state index contributed by atoms with van der Waals surface area (Å²) in [5.74, 6) is 1.06. The number of nitrogens with zero attached hydrogens (tertiary/aromatic N) is 4. The molecule has 0 radical (unpaired) electrons. The molecule has 1 unspecified atom stereocenters. The van der Waals surface area contributed by atoms with E-state index in [1.54, 1.807) is 0 Å². The first-order valence-corrected chi connectivity index (χ1v) is 6.49. The van der Waals surface area contributed by atoms with Crippen LogP contribution in [0.15, 0.2) is 12.4 Å². The Morgan fingerprint density at radius 2 is 2.44 bits per heavy atom. The summed E-state index contributed by atoms with van der Waals surface area (Å²) in [6, 6.07) is 2.92. The van der Waals surface area contributed by atoms with Gasteiger partial charge in [0, 0.05) is 32.0 Å². The third kappa shape index (κ3) is 3.83. The molecule has 5 heteroatoms. The van der Waals surface area contributed by atoms with Crippen molar-refractivity contribution in [3.8, 4) is 6.07 Å². The van der Waals surface area contributed by atoms with E-state index in [0.29, 0.717) is 6.04 Å². The van der Waals surface area contributed by atoms with E-state index < -0.39 is 0 Å². The summed E-state index contributed by atoms with van der Waals surface area (Å²) >= 11 is 0. The third-order valence-electron chi connectivity index (χ3n) is 3.30. The lowest BCUT2D eigenvalue weighted by molar-refractivity contribution is 0.300. The molecule has 1 fully saturated rings. The molecular formula is C13H21N5. The molecule has 1 atom stereocenters. The smallest absolute Gasteiger partial charge is 0.122 e. The largest absolute Gasteiger partial charge is 0.337 e. The van der Waals surface area contributed by atoms with Crippen LogP contribution in [0, 0.1) is 11.3 Å². The summed E-state index contributed by atoms with van der Waals surface area (Å²) < 4.78 is 2.03. The van der Waals surface area contributed by atoms with Gasteiger partial charge in [-0.05, 0) is 26.3 Å². The van der Waals surface area contributed by atoms with Gasteiger partial charge in [-0.25, -0.2) is 4.98 Å². The van der Waals surface area contributed by atoms with Crippen molar-refractivity contribution < 1.29 is 0 Å². The molecular weight excluding hydrogens is 226 g/mol. The number of hydrogen-bond donors (Lipinski definition) is 1. The van der Waals surface area contributed by atoms with E-state index in [2.05, 4.69) is 28.3 Å². The molecule has 5 nitrogen and oxygen atoms in total. The molecule has 0 amide bonds. The number of hydrogen-bond acceptors (Lipinski definition) is 4. The van der Waals surface area contributed by atoms with Crippen molar-refractivity contribution in [3.05, 3.63) is 18.2 Å². The highest BCUT2D eigenvalue weighted by atomic mass is 15.2. The standard InChI is InChI=1S/C13H21N5/c1-17(10-13-15-6-8-18(13)2)7-5-12(9-14)16-11-3-4-11/h6,8,11-12,16H,3-5,7,10H2,1-2H3. The van der Waals surface area contributed by atoms with E-state index in [0.717, 1.165) is 25.3 Å². The number of rotatable bonds is 7. The Morgan fingerprint density at radius 3 is 3.00 bits per heavy atom. The highest BCUT2D eigenvalue weighted by molar-refractivity contribution is 4.96. The highest BCUT2D eigenvalue weighted by Crippen LogP contribution is 2.19. The van der Waals surface area contributed by atoms with Crippen molar-refractivity contribution >= 4 is 0 Å². The summed E-state index contributed by atoms with van der Waals surface area (Å²) in [5, 5.41) is 12.4. The molecule has 0 saturated heterocycles. The second-order valence-corrected chi connectivity index (χ2v) is 5.10. The van der Waals surface area contributed by atoms with E-state index in [4.69, 9.17) is 5.26 Å². The first-order valence-electron chi connectivity index (χ1n) is 6.49. The number of nitrogens with one attached hydrogen (secondary N) is 1. The summed E-state index contributed by atoms with van der Waals surface area (Å²) in [6.07, 6.45) is 7.09. The fourth-order valence-corrected chi connectivity index (χ4v) is 1.94. The highest BCUT2D eigenvalue weighted by Gasteiger charge is 2.24. The normalized spacial score (nSPS) is 16.8. The zero-order valence-electron chi connectivity index (χ0n) is 11.1. The average Bonchev–Trinajstić information content (AvgIpc) is 3.09. The van der Waals surface area contributed by atoms with E-state index >= 15 is 0 Å². The van der Waals surface area contributed by atoms with Crippen LogP contribution in [0.4, 0.5) is 0 Å². The molecule has 1 aromatic rings. The number of imidazole rings is 1. The summed E-state index contributed by atoms with van der Waals surface area (Å²) in [7, 11) is 4.07. The maximum Gasteiger partial charge on any atom is 0.122 e. The predicted molar refractivity (Wildman–Crippen MR) is 69.7 cm³/mol. The lowest BCUT2D eigenvalue weighted by Crippen LogP contribution is -2.33. The van der Waals surface area contributed by atoms with Gasteiger partial charge in [-0.1, -0.05) is 0 Å². The first kappa shape index (κ1) is 13.1. The van der Waals surface area contributed by atoms with E-state index in [1.165, 1.54) is 12.8 Å². The number of aromatic nitrogens is 2. The van der Waals surface area contributed by atoms with Crippen molar-refractivity contribution in [2.24, 2.45) is 7.05 Å². The Morgan fingerprint density at radius 1 is 1.67 bits per heavy atom. The molecule has 2 rings (SSSR count). The molecule has 0 bridgehead atoms. The van der Waals surface area contributed by atoms with Gasteiger partial charge >= 0.3 is 0 Å². The van der Waals surface area contributed by atoms with Gasteiger partial charge in [0.1, 0.15) is 5.82 Å². The van der Waals surface area contributed by atoms with Crippen molar-refractivity contribution in [2.45, 2.75) is 37.9 Å². The van der Waals surface area contributed by atoms with Gasteiger partial charge in [-0.2, -0.15) is 5.26 Å². The summed E-state index contributed by atoms with van der Waals surface area (Å²) in [4.78, 5) is 6.51. The Bertz CT molecular complexity index is 415. The quantitative estimate of drug-likeness (QED) is 0.777. The first-order chi connectivity index (χ1) is 8.69. The molecule has 1 saturated carbocycles. The minimum absolute atomic E-state index is 0.0127. The second-order valence-electron chi connectivity index (χ2n) is 5.10. The average molecular weight is 247 g/mol. The molecule has 1 aliphatic carbocycles. The van der Waals surface area contributed by atoms with Gasteiger partial charge in [-0.3, -0.25) is 10.2 Å². The van der Waals surface area contributed by atoms with Gasteiger partial charge in [0.25, 0.3) is 0 Å². The van der Waals surface area contributed by atoms with Crippen LogP contribution in [0.2, 0.25) is 0 Å². The van der Waals surface area contributed by atoms with Gasteiger partial charge < -0.3 is 4.57 Å². The number of nitriles is 1. The van der Waals surface area contributed by atoms with Crippen LogP contribution in [0.3, 0.4) is 0 Å². The van der Waals surface area contributed by atoms with Crippen molar-refractivity contribution in [3.63, 3.8) is 0 Å². The van der Waals surface area contributed by atoms with Crippen molar-refractivity contribution in [1.29, 1.82) is 5.26 Å². The topological polar surface area (TPSA) is 56.9 Å². The summed E-state index contributed by atoms with van der Waals surface area (Å²) in [5.41, 5.74) is 0. The molecule has 0 aliphatic heterocycles. The van der Waals surface area contributed by atoms with Crippen LogP contribution < -0.4 is 5.32 Å². The van der Waals surface area contributed by atoms with Crippen LogP contribution in [-0.4, -0.2) is 40.1 Å². The number of aryl methyl sites for hydroxylation is 1. The van der Waals surface area contributed by atoms with Gasteiger partial charge in [0.15, 0.2) is 0 Å². The molecule has 1 aliphatic rings. The van der Waals surface area contributed by atoms with Crippen molar-refractivity contribution in [2.75, 3.05) is 13.6 Å². The van der Waals surface area contributed by atoms with Crippen LogP contribution >= 0.6 is 0 Å². The van der Waals surface area contributed by atoms with Crippen LogP contribution in [0.1, 0.15) is 25.1 Å².